The summed E-state index contributed by atoms with van der Waals surface area (Å²) >= 11 is 5.95. The summed E-state index contributed by atoms with van der Waals surface area (Å²) in [6, 6.07) is 7.68. The van der Waals surface area contributed by atoms with E-state index in [1.54, 1.807) is 11.9 Å². The van der Waals surface area contributed by atoms with Gasteiger partial charge in [-0.3, -0.25) is 4.79 Å². The molecule has 3 nitrogen and oxygen atoms in total. The average molecular weight is 270 g/mol. The summed E-state index contributed by atoms with van der Waals surface area (Å²) in [5.74, 6) is -0.234. The Morgan fingerprint density at radius 3 is 2.72 bits per heavy atom. The molecule has 1 rings (SSSR count). The van der Waals surface area contributed by atoms with Gasteiger partial charge in [0.1, 0.15) is 0 Å². The number of para-hydroxylation sites is 1. The van der Waals surface area contributed by atoms with Crippen molar-refractivity contribution in [1.29, 1.82) is 0 Å². The van der Waals surface area contributed by atoms with Gasteiger partial charge in [0.15, 0.2) is 0 Å². The molecule has 1 aromatic carbocycles. The molecule has 0 bridgehead atoms. The van der Waals surface area contributed by atoms with E-state index in [-0.39, 0.29) is 5.91 Å². The third-order valence-electron chi connectivity index (χ3n) is 2.76. The van der Waals surface area contributed by atoms with Gasteiger partial charge in [0.05, 0.1) is 0 Å². The number of ether oxygens (including phenoxy) is 1. The number of benzene rings is 1. The molecule has 0 saturated carbocycles. The maximum absolute atomic E-state index is 12.1. The van der Waals surface area contributed by atoms with Crippen molar-refractivity contribution < 1.29 is 9.53 Å². The molecule has 1 atom stereocenters. The van der Waals surface area contributed by atoms with Crippen molar-refractivity contribution in [3.8, 4) is 0 Å². The second kappa shape index (κ2) is 7.39. The number of halogens is 1. The Balaban J connectivity index is 2.63. The number of likely N-dealkylation sites (N-methyl/N-ethyl adjacent to an activating group) is 1. The topological polar surface area (TPSA) is 29.5 Å². The van der Waals surface area contributed by atoms with Gasteiger partial charge in [-0.05, 0) is 25.0 Å². The average Bonchev–Trinajstić information content (AvgIpc) is 2.38. The van der Waals surface area contributed by atoms with Crippen LogP contribution in [0.25, 0.3) is 0 Å². The first-order valence-electron chi connectivity index (χ1n) is 6.16. The zero-order chi connectivity index (χ0) is 13.5. The minimum Gasteiger partial charge on any atom is -0.353 e. The largest absolute Gasteiger partial charge is 0.353 e. The van der Waals surface area contributed by atoms with Crippen molar-refractivity contribution in [2.45, 2.75) is 32.3 Å². The van der Waals surface area contributed by atoms with E-state index in [1.165, 1.54) is 0 Å². The summed E-state index contributed by atoms with van der Waals surface area (Å²) in [5.41, 5.74) is 0.971. The molecule has 0 aliphatic heterocycles. The van der Waals surface area contributed by atoms with Gasteiger partial charge in [0.25, 0.3) is 5.91 Å². The molecule has 0 aliphatic carbocycles. The SMILES string of the molecule is CCCCOC(Cl)C(=O)N(C)c1ccccc1C. The van der Waals surface area contributed by atoms with E-state index in [1.807, 2.05) is 31.2 Å². The Hall–Kier alpha value is -1.06. The molecular formula is C14H20ClNO2. The lowest BCUT2D eigenvalue weighted by Gasteiger charge is -2.22. The van der Waals surface area contributed by atoms with Gasteiger partial charge in [-0.15, -0.1) is 0 Å². The smallest absolute Gasteiger partial charge is 0.271 e. The van der Waals surface area contributed by atoms with Gasteiger partial charge < -0.3 is 9.64 Å². The number of amides is 1. The van der Waals surface area contributed by atoms with Crippen LogP contribution in [0.2, 0.25) is 0 Å². The van der Waals surface area contributed by atoms with Gasteiger partial charge in [0, 0.05) is 19.3 Å². The highest BCUT2D eigenvalue weighted by Gasteiger charge is 2.21. The number of rotatable bonds is 6. The first kappa shape index (κ1) is 15.0. The quantitative estimate of drug-likeness (QED) is 0.586. The summed E-state index contributed by atoms with van der Waals surface area (Å²) < 4.78 is 5.30. The second-order valence-electron chi connectivity index (χ2n) is 4.22. The number of carbonyl (C=O) groups is 1. The second-order valence-corrected chi connectivity index (χ2v) is 4.62. The zero-order valence-electron chi connectivity index (χ0n) is 11.1. The lowest BCUT2D eigenvalue weighted by atomic mass is 10.2. The van der Waals surface area contributed by atoms with Crippen molar-refractivity contribution in [1.82, 2.24) is 0 Å². The van der Waals surface area contributed by atoms with E-state index in [0.717, 1.165) is 24.1 Å². The minimum absolute atomic E-state index is 0.234. The molecule has 0 spiro atoms. The third kappa shape index (κ3) is 4.00. The fourth-order valence-corrected chi connectivity index (χ4v) is 1.85. The molecule has 0 aliphatic rings. The summed E-state index contributed by atoms with van der Waals surface area (Å²) in [6.45, 7) is 4.53. The Morgan fingerprint density at radius 2 is 2.11 bits per heavy atom. The number of hydrogen-bond donors (Lipinski definition) is 0. The normalized spacial score (nSPS) is 12.2. The van der Waals surface area contributed by atoms with Gasteiger partial charge in [-0.25, -0.2) is 0 Å². The monoisotopic (exact) mass is 269 g/mol. The molecule has 1 amide bonds. The van der Waals surface area contributed by atoms with Crippen LogP contribution in [0.1, 0.15) is 25.3 Å². The lowest BCUT2D eigenvalue weighted by Crippen LogP contribution is -2.35. The minimum atomic E-state index is -0.916. The number of alkyl halides is 1. The number of nitrogens with zero attached hydrogens (tertiary/aromatic N) is 1. The van der Waals surface area contributed by atoms with Crippen molar-refractivity contribution in [2.75, 3.05) is 18.6 Å². The van der Waals surface area contributed by atoms with Gasteiger partial charge in [-0.1, -0.05) is 43.1 Å². The van der Waals surface area contributed by atoms with Crippen LogP contribution >= 0.6 is 11.6 Å². The molecule has 0 fully saturated rings. The molecule has 0 saturated heterocycles. The van der Waals surface area contributed by atoms with E-state index in [4.69, 9.17) is 16.3 Å². The Kier molecular flexibility index (Phi) is 6.16. The summed E-state index contributed by atoms with van der Waals surface area (Å²) in [6.07, 6.45) is 1.93. The Labute approximate surface area is 114 Å². The first-order valence-corrected chi connectivity index (χ1v) is 6.60. The van der Waals surface area contributed by atoms with E-state index < -0.39 is 5.56 Å². The van der Waals surface area contributed by atoms with Crippen molar-refractivity contribution in [2.24, 2.45) is 0 Å². The lowest BCUT2D eigenvalue weighted by molar-refractivity contribution is -0.125. The summed E-state index contributed by atoms with van der Waals surface area (Å²) in [5, 5.41) is 0. The van der Waals surface area contributed by atoms with Crippen molar-refractivity contribution in [3.05, 3.63) is 29.8 Å². The predicted octanol–water partition coefficient (Wildman–Crippen LogP) is 3.34. The van der Waals surface area contributed by atoms with Crippen LogP contribution in [0.3, 0.4) is 0 Å². The van der Waals surface area contributed by atoms with E-state index >= 15 is 0 Å². The summed E-state index contributed by atoms with van der Waals surface area (Å²) in [7, 11) is 1.71. The molecule has 0 N–H and O–H groups in total. The van der Waals surface area contributed by atoms with Crippen LogP contribution in [0.4, 0.5) is 5.69 Å². The van der Waals surface area contributed by atoms with E-state index in [2.05, 4.69) is 6.92 Å². The highest BCUT2D eigenvalue weighted by molar-refractivity contribution is 6.31. The molecule has 0 aromatic heterocycles. The first-order chi connectivity index (χ1) is 8.57. The maximum Gasteiger partial charge on any atom is 0.271 e. The number of hydrogen-bond acceptors (Lipinski definition) is 2. The van der Waals surface area contributed by atoms with Crippen LogP contribution in [-0.2, 0) is 9.53 Å². The van der Waals surface area contributed by atoms with Crippen LogP contribution in [-0.4, -0.2) is 25.1 Å². The van der Waals surface area contributed by atoms with Gasteiger partial charge in [0.2, 0.25) is 5.56 Å². The molecule has 0 heterocycles. The summed E-state index contributed by atoms with van der Waals surface area (Å²) in [4.78, 5) is 13.6. The standard InChI is InChI=1S/C14H20ClNO2/c1-4-5-10-18-13(15)14(17)16(3)12-9-7-6-8-11(12)2/h6-9,13H,4-5,10H2,1-3H3. The van der Waals surface area contributed by atoms with Crippen LogP contribution in [0, 0.1) is 6.92 Å². The van der Waals surface area contributed by atoms with Crippen molar-refractivity contribution in [3.63, 3.8) is 0 Å². The molecular weight excluding hydrogens is 250 g/mol. The molecule has 18 heavy (non-hydrogen) atoms. The van der Waals surface area contributed by atoms with Crippen LogP contribution in [0.15, 0.2) is 24.3 Å². The number of unbranched alkanes of at least 4 members (excludes halogenated alkanes) is 1. The highest BCUT2D eigenvalue weighted by Crippen LogP contribution is 2.19. The van der Waals surface area contributed by atoms with Crippen molar-refractivity contribution >= 4 is 23.2 Å². The maximum atomic E-state index is 12.1. The van der Waals surface area contributed by atoms with Gasteiger partial charge in [-0.2, -0.15) is 0 Å². The molecule has 100 valence electrons. The number of aryl methyl sites for hydroxylation is 1. The van der Waals surface area contributed by atoms with E-state index in [0.29, 0.717) is 6.61 Å². The fourth-order valence-electron chi connectivity index (χ4n) is 1.61. The highest BCUT2D eigenvalue weighted by atomic mass is 35.5. The Bertz CT molecular complexity index is 395. The number of anilines is 1. The Morgan fingerprint density at radius 1 is 1.44 bits per heavy atom. The fraction of sp³-hybridized carbons (Fsp3) is 0.500. The predicted molar refractivity (Wildman–Crippen MR) is 75.1 cm³/mol. The van der Waals surface area contributed by atoms with E-state index in [9.17, 15) is 4.79 Å². The zero-order valence-corrected chi connectivity index (χ0v) is 11.9. The van der Waals surface area contributed by atoms with Gasteiger partial charge >= 0.3 is 0 Å². The molecule has 4 heteroatoms. The van der Waals surface area contributed by atoms with Crippen LogP contribution < -0.4 is 4.90 Å². The molecule has 1 aromatic rings. The molecule has 1 unspecified atom stereocenters. The third-order valence-corrected chi connectivity index (χ3v) is 3.08. The van der Waals surface area contributed by atoms with Crippen LogP contribution in [0.5, 0.6) is 0 Å². The number of carbonyl (C=O) groups excluding carboxylic acids is 1. The molecule has 0 radical (unpaired) electrons.